The lowest BCUT2D eigenvalue weighted by molar-refractivity contribution is -0.118. The number of ether oxygens (including phenoxy) is 1. The summed E-state index contributed by atoms with van der Waals surface area (Å²) in [6.07, 6.45) is 0.954. The average Bonchev–Trinajstić information content (AvgIpc) is 2.34. The maximum atomic E-state index is 11.2. The van der Waals surface area contributed by atoms with Crippen LogP contribution >= 0.6 is 0 Å². The first-order valence-electron chi connectivity index (χ1n) is 6.41. The Kier molecular flexibility index (Phi) is 4.20. The third kappa shape index (κ3) is 3.47. The van der Waals surface area contributed by atoms with Crippen molar-refractivity contribution in [1.82, 2.24) is 5.32 Å². The molecule has 4 heteroatoms. The number of carbonyl (C=O) groups is 1. The number of anilines is 1. The number of hydrogen-bond donors (Lipinski definition) is 2. The summed E-state index contributed by atoms with van der Waals surface area (Å²) >= 11 is 0. The number of rotatable bonds is 5. The van der Waals surface area contributed by atoms with Crippen LogP contribution in [-0.4, -0.2) is 25.6 Å². The summed E-state index contributed by atoms with van der Waals surface area (Å²) in [4.78, 5) is 11.2. The molecule has 4 nitrogen and oxygen atoms in total. The van der Waals surface area contributed by atoms with Crippen LogP contribution in [0.4, 0.5) is 5.69 Å². The molecule has 98 valence electrons. The van der Waals surface area contributed by atoms with Gasteiger partial charge in [-0.15, -0.1) is 0 Å². The molecule has 1 aliphatic rings. The molecule has 0 saturated heterocycles. The summed E-state index contributed by atoms with van der Waals surface area (Å²) < 4.78 is 5.32. The fourth-order valence-electron chi connectivity index (χ4n) is 1.91. The van der Waals surface area contributed by atoms with Gasteiger partial charge in [0.05, 0.1) is 5.69 Å². The lowest BCUT2D eigenvalue weighted by Gasteiger charge is -2.18. The Balaban J connectivity index is 1.90. The van der Waals surface area contributed by atoms with Gasteiger partial charge in [-0.2, -0.15) is 0 Å². The first kappa shape index (κ1) is 12.9. The van der Waals surface area contributed by atoms with Crippen LogP contribution in [0.3, 0.4) is 0 Å². The minimum Gasteiger partial charge on any atom is -0.482 e. The molecule has 1 heterocycles. The molecule has 0 fully saturated rings. The van der Waals surface area contributed by atoms with Crippen LogP contribution in [0, 0.1) is 5.92 Å². The van der Waals surface area contributed by atoms with E-state index in [1.807, 2.05) is 18.2 Å². The van der Waals surface area contributed by atoms with Crippen LogP contribution in [0.15, 0.2) is 18.2 Å². The van der Waals surface area contributed by atoms with E-state index in [1.54, 1.807) is 0 Å². The molecule has 0 aliphatic carbocycles. The van der Waals surface area contributed by atoms with Crippen LogP contribution in [0.1, 0.15) is 19.4 Å². The van der Waals surface area contributed by atoms with Gasteiger partial charge in [0.25, 0.3) is 5.91 Å². The topological polar surface area (TPSA) is 50.4 Å². The lowest BCUT2D eigenvalue weighted by atomic mass is 10.1. The standard InChI is InChI=1S/C14H20N2O2/c1-10(2)8-15-6-5-11-3-4-13-12(7-11)16-14(17)9-18-13/h3-4,7,10,15H,5-6,8-9H2,1-2H3,(H,16,17). The van der Waals surface area contributed by atoms with Crippen molar-refractivity contribution in [1.29, 1.82) is 0 Å². The number of hydrogen-bond acceptors (Lipinski definition) is 3. The summed E-state index contributed by atoms with van der Waals surface area (Å²) in [5.74, 6) is 1.34. The van der Waals surface area contributed by atoms with Gasteiger partial charge in [-0.25, -0.2) is 0 Å². The number of fused-ring (bicyclic) bond motifs is 1. The number of benzene rings is 1. The van der Waals surface area contributed by atoms with Crippen LogP contribution in [0.25, 0.3) is 0 Å². The van der Waals surface area contributed by atoms with Gasteiger partial charge in [-0.1, -0.05) is 19.9 Å². The third-order valence-electron chi connectivity index (χ3n) is 2.82. The normalized spacial score (nSPS) is 14.1. The Morgan fingerprint density at radius 2 is 2.28 bits per heavy atom. The van der Waals surface area contributed by atoms with Crippen molar-refractivity contribution in [2.45, 2.75) is 20.3 Å². The van der Waals surface area contributed by atoms with Crippen LogP contribution in [0.5, 0.6) is 5.75 Å². The third-order valence-corrected chi connectivity index (χ3v) is 2.82. The van der Waals surface area contributed by atoms with Crippen LogP contribution < -0.4 is 15.4 Å². The van der Waals surface area contributed by atoms with E-state index in [1.165, 1.54) is 5.56 Å². The molecule has 0 aromatic heterocycles. The van der Waals surface area contributed by atoms with Crippen molar-refractivity contribution < 1.29 is 9.53 Å². The predicted octanol–water partition coefficient (Wildman–Crippen LogP) is 1.81. The second-order valence-electron chi connectivity index (χ2n) is 5.02. The zero-order chi connectivity index (χ0) is 13.0. The maximum absolute atomic E-state index is 11.2. The van der Waals surface area contributed by atoms with E-state index >= 15 is 0 Å². The van der Waals surface area contributed by atoms with Gasteiger partial charge >= 0.3 is 0 Å². The summed E-state index contributed by atoms with van der Waals surface area (Å²) in [6, 6.07) is 5.96. The molecule has 2 N–H and O–H groups in total. The van der Waals surface area contributed by atoms with E-state index < -0.39 is 0 Å². The van der Waals surface area contributed by atoms with E-state index in [2.05, 4.69) is 24.5 Å². The van der Waals surface area contributed by atoms with Gasteiger partial charge in [-0.05, 0) is 43.1 Å². The van der Waals surface area contributed by atoms with Gasteiger partial charge in [0, 0.05) is 0 Å². The SMILES string of the molecule is CC(C)CNCCc1ccc2c(c1)NC(=O)CO2. The Morgan fingerprint density at radius 3 is 3.06 bits per heavy atom. The Morgan fingerprint density at radius 1 is 1.44 bits per heavy atom. The minimum atomic E-state index is -0.0856. The molecule has 2 rings (SSSR count). The van der Waals surface area contributed by atoms with Crippen molar-refractivity contribution in [3.63, 3.8) is 0 Å². The van der Waals surface area contributed by atoms with Gasteiger partial charge in [-0.3, -0.25) is 4.79 Å². The highest BCUT2D eigenvalue weighted by Gasteiger charge is 2.15. The maximum Gasteiger partial charge on any atom is 0.262 e. The van der Waals surface area contributed by atoms with Crippen LogP contribution in [-0.2, 0) is 11.2 Å². The highest BCUT2D eigenvalue weighted by atomic mass is 16.5. The molecule has 1 aromatic carbocycles. The van der Waals surface area contributed by atoms with Crippen molar-refractivity contribution in [3.8, 4) is 5.75 Å². The van der Waals surface area contributed by atoms with Gasteiger partial charge in [0.2, 0.25) is 0 Å². The summed E-state index contributed by atoms with van der Waals surface area (Å²) in [5, 5.41) is 6.23. The van der Waals surface area contributed by atoms with Gasteiger partial charge < -0.3 is 15.4 Å². The monoisotopic (exact) mass is 248 g/mol. The zero-order valence-corrected chi connectivity index (χ0v) is 11.0. The molecular weight excluding hydrogens is 228 g/mol. The molecule has 18 heavy (non-hydrogen) atoms. The fraction of sp³-hybridized carbons (Fsp3) is 0.500. The van der Waals surface area contributed by atoms with Crippen molar-refractivity contribution >= 4 is 11.6 Å². The van der Waals surface area contributed by atoms with Crippen molar-refractivity contribution in [2.24, 2.45) is 5.92 Å². The fourth-order valence-corrected chi connectivity index (χ4v) is 1.91. The Bertz CT molecular complexity index is 430. The Labute approximate surface area is 108 Å². The molecule has 1 aliphatic heterocycles. The molecule has 0 atom stereocenters. The zero-order valence-electron chi connectivity index (χ0n) is 11.0. The first-order chi connectivity index (χ1) is 8.65. The number of carbonyl (C=O) groups excluding carboxylic acids is 1. The Hall–Kier alpha value is -1.55. The minimum absolute atomic E-state index is 0.0856. The molecule has 0 radical (unpaired) electrons. The highest BCUT2D eigenvalue weighted by Crippen LogP contribution is 2.28. The van der Waals surface area contributed by atoms with E-state index in [-0.39, 0.29) is 12.5 Å². The highest BCUT2D eigenvalue weighted by molar-refractivity contribution is 5.95. The summed E-state index contributed by atoms with van der Waals surface area (Å²) in [5.41, 5.74) is 1.99. The quantitative estimate of drug-likeness (QED) is 0.781. The van der Waals surface area contributed by atoms with Crippen molar-refractivity contribution in [3.05, 3.63) is 23.8 Å². The molecule has 0 spiro atoms. The molecule has 1 aromatic rings. The number of amides is 1. The van der Waals surface area contributed by atoms with Crippen molar-refractivity contribution in [2.75, 3.05) is 25.0 Å². The van der Waals surface area contributed by atoms with E-state index in [9.17, 15) is 4.79 Å². The summed E-state index contributed by atoms with van der Waals surface area (Å²) in [7, 11) is 0. The lowest BCUT2D eigenvalue weighted by Crippen LogP contribution is -2.25. The molecule has 0 saturated carbocycles. The van der Waals surface area contributed by atoms with Crippen LogP contribution in [0.2, 0.25) is 0 Å². The molecule has 0 bridgehead atoms. The number of nitrogens with one attached hydrogen (secondary N) is 2. The smallest absolute Gasteiger partial charge is 0.262 e. The largest absolute Gasteiger partial charge is 0.482 e. The van der Waals surface area contributed by atoms with Gasteiger partial charge in [0.1, 0.15) is 5.75 Å². The second kappa shape index (κ2) is 5.87. The molecule has 0 unspecified atom stereocenters. The van der Waals surface area contributed by atoms with E-state index in [4.69, 9.17) is 4.74 Å². The average molecular weight is 248 g/mol. The second-order valence-corrected chi connectivity index (χ2v) is 5.02. The van der Waals surface area contributed by atoms with E-state index in [0.717, 1.165) is 30.9 Å². The van der Waals surface area contributed by atoms with Gasteiger partial charge in [0.15, 0.2) is 6.61 Å². The first-order valence-corrected chi connectivity index (χ1v) is 6.41. The van der Waals surface area contributed by atoms with E-state index in [0.29, 0.717) is 5.92 Å². The summed E-state index contributed by atoms with van der Waals surface area (Å²) in [6.45, 7) is 6.48. The molecular formula is C14H20N2O2. The molecule has 1 amide bonds. The predicted molar refractivity (Wildman–Crippen MR) is 72.0 cm³/mol.